The molecule has 1 aliphatic carbocycles. The van der Waals surface area contributed by atoms with E-state index in [4.69, 9.17) is 19.9 Å². The lowest BCUT2D eigenvalue weighted by molar-refractivity contribution is -0.277. The maximum Gasteiger partial charge on any atom is 0.229 e. The van der Waals surface area contributed by atoms with Gasteiger partial charge in [-0.2, -0.15) is 0 Å². The van der Waals surface area contributed by atoms with Crippen molar-refractivity contribution in [1.29, 1.82) is 0 Å². The Kier molecular flexibility index (Phi) is 9.66. The number of ketones is 2. The summed E-state index contributed by atoms with van der Waals surface area (Å²) in [7, 11) is 2.81. The molecule has 1 fully saturated rings. The van der Waals surface area contributed by atoms with E-state index in [-0.39, 0.29) is 52.9 Å². The molecule has 0 spiro atoms. The molecular formula is C28H35N3O11. The van der Waals surface area contributed by atoms with Crippen LogP contribution in [-0.4, -0.2) is 106 Å². The fourth-order valence-electron chi connectivity index (χ4n) is 5.05. The maximum atomic E-state index is 14.0. The number of hydrogen-bond acceptors (Lipinski definition) is 12. The molecule has 5 atom stereocenters. The van der Waals surface area contributed by atoms with Crippen molar-refractivity contribution in [3.8, 4) is 17.2 Å². The molecule has 42 heavy (non-hydrogen) atoms. The van der Waals surface area contributed by atoms with Gasteiger partial charge in [0, 0.05) is 43.0 Å². The van der Waals surface area contributed by atoms with E-state index in [0.29, 0.717) is 30.4 Å². The molecule has 0 bridgehead atoms. The number of phenols is 1. The molecule has 0 aromatic heterocycles. The van der Waals surface area contributed by atoms with Gasteiger partial charge in [-0.15, -0.1) is 0 Å². The minimum atomic E-state index is -1.79. The topological polar surface area (TPSA) is 234 Å². The zero-order valence-corrected chi connectivity index (χ0v) is 23.1. The van der Waals surface area contributed by atoms with E-state index < -0.39 is 54.6 Å². The van der Waals surface area contributed by atoms with Crippen molar-refractivity contribution in [3.63, 3.8) is 0 Å². The summed E-state index contributed by atoms with van der Waals surface area (Å²) in [5, 5.41) is 63.8. The molecule has 1 aliphatic heterocycles. The number of nitrogens with one attached hydrogen (secondary N) is 1. The molecule has 14 nitrogen and oxygen atoms in total. The smallest absolute Gasteiger partial charge is 0.229 e. The number of rotatable bonds is 10. The molecule has 0 radical (unpaired) electrons. The van der Waals surface area contributed by atoms with Crippen LogP contribution in [0.2, 0.25) is 0 Å². The Morgan fingerprint density at radius 1 is 1.02 bits per heavy atom. The van der Waals surface area contributed by atoms with Crippen LogP contribution in [0.25, 0.3) is 0 Å². The van der Waals surface area contributed by atoms with Gasteiger partial charge >= 0.3 is 0 Å². The monoisotopic (exact) mass is 589 g/mol. The predicted molar refractivity (Wildman–Crippen MR) is 147 cm³/mol. The zero-order chi connectivity index (χ0) is 30.7. The molecule has 9 N–H and O–H groups in total. The average Bonchev–Trinajstić information content (AvgIpc) is 2.98. The highest BCUT2D eigenvalue weighted by Crippen LogP contribution is 2.42. The Hall–Kier alpha value is -3.79. The number of fused-ring (bicyclic) bond motifs is 2. The summed E-state index contributed by atoms with van der Waals surface area (Å²) in [6.45, 7) is -0.756. The van der Waals surface area contributed by atoms with Gasteiger partial charge in [0.05, 0.1) is 24.8 Å². The molecule has 2 aliphatic rings. The number of guanidine groups is 1. The summed E-state index contributed by atoms with van der Waals surface area (Å²) in [6.07, 6.45) is -6.69. The van der Waals surface area contributed by atoms with Crippen molar-refractivity contribution in [2.24, 2.45) is 10.7 Å². The number of benzene rings is 2. The van der Waals surface area contributed by atoms with Crippen molar-refractivity contribution >= 4 is 17.5 Å². The van der Waals surface area contributed by atoms with Crippen LogP contribution in [0.1, 0.15) is 55.8 Å². The SMILES string of the molecule is CN=C(N)NCc1c(CCCCO)cc2c(c1O)C(=O)c1c(OC3OC(CO)C(O)C(O)C3O)cc(OC)cc1C2=O. The Bertz CT molecular complexity index is 1380. The lowest BCUT2D eigenvalue weighted by Crippen LogP contribution is -2.60. The first-order chi connectivity index (χ1) is 20.1. The average molecular weight is 590 g/mol. The third-order valence-electron chi connectivity index (χ3n) is 7.39. The Balaban J connectivity index is 1.82. The molecule has 2 aromatic rings. The van der Waals surface area contributed by atoms with E-state index in [1.54, 1.807) is 0 Å². The second-order valence-electron chi connectivity index (χ2n) is 9.95. The number of carbonyl (C=O) groups excluding carboxylic acids is 2. The van der Waals surface area contributed by atoms with Crippen molar-refractivity contribution < 1.29 is 54.4 Å². The molecule has 4 rings (SSSR count). The number of nitrogens with zero attached hydrogens (tertiary/aromatic N) is 1. The van der Waals surface area contributed by atoms with Gasteiger partial charge in [0.1, 0.15) is 41.7 Å². The number of aromatic hydroxyl groups is 1. The maximum absolute atomic E-state index is 14.0. The van der Waals surface area contributed by atoms with Crippen LogP contribution in [-0.2, 0) is 17.7 Å². The predicted octanol–water partition coefficient (Wildman–Crippen LogP) is -1.30. The fraction of sp³-hybridized carbons (Fsp3) is 0.464. The molecule has 14 heteroatoms. The van der Waals surface area contributed by atoms with Crippen LogP contribution in [0.15, 0.2) is 23.2 Å². The minimum Gasteiger partial charge on any atom is -0.507 e. The third kappa shape index (κ3) is 5.77. The quantitative estimate of drug-likeness (QED) is 0.0781. The van der Waals surface area contributed by atoms with Crippen LogP contribution in [0, 0.1) is 0 Å². The van der Waals surface area contributed by atoms with E-state index in [1.165, 1.54) is 32.4 Å². The van der Waals surface area contributed by atoms with Gasteiger partial charge in [-0.05, 0) is 37.0 Å². The van der Waals surface area contributed by atoms with Crippen LogP contribution in [0.5, 0.6) is 17.2 Å². The number of methoxy groups -OCH3 is 1. The molecule has 2 aromatic carbocycles. The van der Waals surface area contributed by atoms with Gasteiger partial charge in [-0.1, -0.05) is 0 Å². The van der Waals surface area contributed by atoms with Crippen LogP contribution >= 0.6 is 0 Å². The number of aliphatic hydroxyl groups excluding tert-OH is 5. The Morgan fingerprint density at radius 2 is 1.74 bits per heavy atom. The third-order valence-corrected chi connectivity index (χ3v) is 7.39. The fourth-order valence-corrected chi connectivity index (χ4v) is 5.05. The number of aliphatic hydroxyl groups is 5. The number of phenolic OH excluding ortho intramolecular Hbond substituents is 1. The summed E-state index contributed by atoms with van der Waals surface area (Å²) in [4.78, 5) is 31.7. The van der Waals surface area contributed by atoms with Gasteiger partial charge < -0.3 is 55.9 Å². The zero-order valence-electron chi connectivity index (χ0n) is 23.1. The van der Waals surface area contributed by atoms with E-state index in [1.807, 2.05) is 0 Å². The van der Waals surface area contributed by atoms with Crippen LogP contribution < -0.4 is 20.5 Å². The molecule has 1 heterocycles. The number of aliphatic imine (C=N–C) groups is 1. The molecule has 1 saturated heterocycles. The number of nitrogens with two attached hydrogens (primary N) is 1. The van der Waals surface area contributed by atoms with Crippen molar-refractivity contribution in [1.82, 2.24) is 5.32 Å². The van der Waals surface area contributed by atoms with Gasteiger partial charge in [0.25, 0.3) is 0 Å². The van der Waals surface area contributed by atoms with Crippen molar-refractivity contribution in [3.05, 3.63) is 51.6 Å². The second-order valence-corrected chi connectivity index (χ2v) is 9.95. The standard InChI is InChI=1S/C28H35N3O11/c1-30-28(29)31-10-16-12(5-3-4-6-32)7-14-20(22(16)35)24(37)19-15(21(14)34)8-13(40-2)9-17(19)41-27-26(39)25(38)23(36)18(11-33)42-27/h7-9,18,23,25-27,32-33,35-36,38-39H,3-6,10-11H2,1-2H3,(H3,29,30,31). The molecule has 228 valence electrons. The number of unbranched alkanes of at least 4 members (excludes halogenated alkanes) is 1. The van der Waals surface area contributed by atoms with Crippen molar-refractivity contribution in [2.75, 3.05) is 27.4 Å². The largest absolute Gasteiger partial charge is 0.507 e. The molecule has 5 unspecified atom stereocenters. The van der Waals surface area contributed by atoms with E-state index in [2.05, 4.69) is 10.3 Å². The van der Waals surface area contributed by atoms with Crippen LogP contribution in [0.3, 0.4) is 0 Å². The normalized spacial score (nSPS) is 23.8. The first-order valence-electron chi connectivity index (χ1n) is 13.3. The minimum absolute atomic E-state index is 0.0120. The lowest BCUT2D eigenvalue weighted by atomic mass is 9.80. The number of hydrogen-bond donors (Lipinski definition) is 8. The Morgan fingerprint density at radius 3 is 2.38 bits per heavy atom. The second kappa shape index (κ2) is 13.0. The van der Waals surface area contributed by atoms with E-state index in [0.717, 1.165) is 0 Å². The summed E-state index contributed by atoms with van der Waals surface area (Å²) in [6, 6.07) is 4.15. The number of aryl methyl sites for hydroxylation is 1. The number of carbonyl (C=O) groups is 2. The van der Waals surface area contributed by atoms with Crippen LogP contribution in [0.4, 0.5) is 0 Å². The number of ether oxygens (including phenoxy) is 3. The lowest BCUT2D eigenvalue weighted by Gasteiger charge is -2.39. The summed E-state index contributed by atoms with van der Waals surface area (Å²) < 4.78 is 16.5. The summed E-state index contributed by atoms with van der Waals surface area (Å²) in [5.41, 5.74) is 5.99. The summed E-state index contributed by atoms with van der Waals surface area (Å²) >= 11 is 0. The first-order valence-corrected chi connectivity index (χ1v) is 13.3. The molecule has 0 saturated carbocycles. The highest BCUT2D eigenvalue weighted by molar-refractivity contribution is 6.30. The first kappa shape index (κ1) is 31.2. The summed E-state index contributed by atoms with van der Waals surface area (Å²) in [5.74, 6) is -1.86. The van der Waals surface area contributed by atoms with Gasteiger partial charge in [-0.25, -0.2) is 0 Å². The van der Waals surface area contributed by atoms with E-state index in [9.17, 15) is 40.2 Å². The molecule has 0 amide bonds. The highest BCUT2D eigenvalue weighted by atomic mass is 16.7. The highest BCUT2D eigenvalue weighted by Gasteiger charge is 2.46. The van der Waals surface area contributed by atoms with Crippen molar-refractivity contribution in [2.45, 2.75) is 56.5 Å². The van der Waals surface area contributed by atoms with Gasteiger partial charge in [0.2, 0.25) is 12.1 Å². The Labute approximate surface area is 241 Å². The van der Waals surface area contributed by atoms with Gasteiger partial charge in [-0.3, -0.25) is 14.6 Å². The van der Waals surface area contributed by atoms with Gasteiger partial charge in [0.15, 0.2) is 11.7 Å². The van der Waals surface area contributed by atoms with E-state index >= 15 is 0 Å². The molecular weight excluding hydrogens is 554 g/mol.